The number of carbonyl (C=O) groups is 1. The van der Waals surface area contributed by atoms with Crippen molar-refractivity contribution in [3.05, 3.63) is 88.6 Å². The largest absolute Gasteiger partial charge is 0.481 e. The highest BCUT2D eigenvalue weighted by molar-refractivity contribution is 7.22. The number of likely N-dealkylation sites (N-methyl/N-ethyl adjacent to an activating group) is 1. The smallest absolute Gasteiger partial charge is 0.307 e. The number of thiazole rings is 1. The lowest BCUT2D eigenvalue weighted by Gasteiger charge is -2.13. The number of aryl methyl sites for hydroxylation is 1. The van der Waals surface area contributed by atoms with E-state index in [0.717, 1.165) is 67.3 Å². The summed E-state index contributed by atoms with van der Waals surface area (Å²) in [6.07, 6.45) is 2.85. The molecule has 0 amide bonds. The maximum absolute atomic E-state index is 11.7. The van der Waals surface area contributed by atoms with Gasteiger partial charge in [0.2, 0.25) is 0 Å². The number of carboxylic acid groups (broad SMARTS) is 1. The topological polar surface area (TPSA) is 86.6 Å². The van der Waals surface area contributed by atoms with Crippen LogP contribution in [0.5, 0.6) is 0 Å². The Bertz CT molecular complexity index is 1770. The Balaban J connectivity index is 0.000000652. The van der Waals surface area contributed by atoms with Crippen molar-refractivity contribution >= 4 is 44.8 Å². The summed E-state index contributed by atoms with van der Waals surface area (Å²) in [6.45, 7) is 8.22. The maximum Gasteiger partial charge on any atom is 0.307 e. The minimum atomic E-state index is -0.860. The molecule has 42 heavy (non-hydrogen) atoms. The Hall–Kier alpha value is -3.78. The van der Waals surface area contributed by atoms with E-state index in [9.17, 15) is 9.90 Å². The molecule has 2 aromatic heterocycles. The average molecular weight is 600 g/mol. The van der Waals surface area contributed by atoms with E-state index in [2.05, 4.69) is 41.2 Å². The Morgan fingerprint density at radius 3 is 2.40 bits per heavy atom. The second kappa shape index (κ2) is 11.8. The molecule has 0 saturated carbocycles. The van der Waals surface area contributed by atoms with E-state index in [4.69, 9.17) is 21.7 Å². The van der Waals surface area contributed by atoms with Crippen LogP contribution in [0.1, 0.15) is 37.5 Å². The molecule has 0 radical (unpaired) electrons. The van der Waals surface area contributed by atoms with E-state index in [1.165, 1.54) is 11.3 Å². The van der Waals surface area contributed by atoms with Gasteiger partial charge in [-0.15, -0.1) is 11.3 Å². The predicted octanol–water partition coefficient (Wildman–Crippen LogP) is 8.05. The third-order valence-corrected chi connectivity index (χ3v) is 8.38. The van der Waals surface area contributed by atoms with E-state index >= 15 is 0 Å². The highest BCUT2D eigenvalue weighted by Crippen LogP contribution is 2.41. The molecule has 216 valence electrons. The van der Waals surface area contributed by atoms with Crippen LogP contribution in [-0.2, 0) is 17.6 Å². The minimum Gasteiger partial charge on any atom is -0.481 e. The molecule has 6 rings (SSSR count). The first-order chi connectivity index (χ1) is 19.9. The van der Waals surface area contributed by atoms with Crippen molar-refractivity contribution in [3.63, 3.8) is 0 Å². The monoisotopic (exact) mass is 599 g/mol. The molecule has 2 N–H and O–H groups in total. The minimum absolute atomic E-state index is 0.0564. The number of pyridine rings is 1. The molecule has 0 fully saturated rings. The van der Waals surface area contributed by atoms with Crippen molar-refractivity contribution in [3.8, 4) is 33.0 Å². The van der Waals surface area contributed by atoms with Crippen LogP contribution in [0, 0.1) is 6.92 Å². The molecular weight excluding hydrogens is 566 g/mol. The highest BCUT2D eigenvalue weighted by Gasteiger charge is 2.20. The van der Waals surface area contributed by atoms with Gasteiger partial charge in [0.1, 0.15) is 5.01 Å². The molecular formula is C34H34ClN3O3S. The van der Waals surface area contributed by atoms with Gasteiger partial charge in [-0.2, -0.15) is 0 Å². The molecule has 8 heteroatoms. The van der Waals surface area contributed by atoms with Gasteiger partial charge in [-0.25, -0.2) is 4.98 Å². The number of anilines is 1. The molecule has 0 atom stereocenters. The normalized spacial score (nSPS) is 12.7. The number of nitrogens with zero attached hydrogens (tertiary/aromatic N) is 3. The van der Waals surface area contributed by atoms with E-state index in [0.29, 0.717) is 5.02 Å². The van der Waals surface area contributed by atoms with Gasteiger partial charge in [0, 0.05) is 47.2 Å². The van der Waals surface area contributed by atoms with Gasteiger partial charge in [0.05, 0.1) is 27.9 Å². The Morgan fingerprint density at radius 1 is 1.02 bits per heavy atom. The van der Waals surface area contributed by atoms with Crippen molar-refractivity contribution in [1.29, 1.82) is 0 Å². The van der Waals surface area contributed by atoms with Crippen molar-refractivity contribution < 1.29 is 15.0 Å². The summed E-state index contributed by atoms with van der Waals surface area (Å²) < 4.78 is 0.969. The second-order valence-electron chi connectivity index (χ2n) is 11.6. The zero-order valence-electron chi connectivity index (χ0n) is 24.4. The molecule has 1 aliphatic rings. The molecule has 0 saturated heterocycles. The number of aliphatic hydroxyl groups is 1. The number of aliphatic carboxylic acids is 1. The van der Waals surface area contributed by atoms with Crippen LogP contribution in [0.15, 0.2) is 66.9 Å². The van der Waals surface area contributed by atoms with Crippen LogP contribution in [0.2, 0.25) is 5.02 Å². The van der Waals surface area contributed by atoms with E-state index in [1.54, 1.807) is 32.1 Å². The first kappa shape index (κ1) is 29.7. The van der Waals surface area contributed by atoms with Crippen molar-refractivity contribution in [2.75, 3.05) is 18.5 Å². The molecule has 5 aromatic rings. The highest BCUT2D eigenvalue weighted by atomic mass is 35.5. The third-order valence-electron chi connectivity index (χ3n) is 6.99. The van der Waals surface area contributed by atoms with Crippen molar-refractivity contribution in [1.82, 2.24) is 9.97 Å². The van der Waals surface area contributed by atoms with E-state index < -0.39 is 11.6 Å². The fourth-order valence-corrected chi connectivity index (χ4v) is 6.34. The quantitative estimate of drug-likeness (QED) is 0.212. The Kier molecular flexibility index (Phi) is 8.37. The van der Waals surface area contributed by atoms with Crippen LogP contribution in [0.3, 0.4) is 0 Å². The van der Waals surface area contributed by atoms with Crippen molar-refractivity contribution in [2.24, 2.45) is 0 Å². The fourth-order valence-electron chi connectivity index (χ4n) is 5.08. The molecule has 6 nitrogen and oxygen atoms in total. The lowest BCUT2D eigenvalue weighted by Crippen LogP contribution is -2.12. The summed E-state index contributed by atoms with van der Waals surface area (Å²) in [5.74, 6) is -0.860. The zero-order chi connectivity index (χ0) is 30.2. The number of hydrogen-bond donors (Lipinski definition) is 2. The van der Waals surface area contributed by atoms with Crippen LogP contribution in [0.4, 0.5) is 5.69 Å². The van der Waals surface area contributed by atoms with Gasteiger partial charge in [-0.3, -0.25) is 9.78 Å². The number of fused-ring (bicyclic) bond motifs is 2. The van der Waals surface area contributed by atoms with Gasteiger partial charge in [-0.05, 0) is 92.8 Å². The Morgan fingerprint density at radius 2 is 1.71 bits per heavy atom. The van der Waals surface area contributed by atoms with Crippen LogP contribution in [0.25, 0.3) is 43.2 Å². The zero-order valence-corrected chi connectivity index (χ0v) is 26.0. The van der Waals surface area contributed by atoms with Gasteiger partial charge in [0.15, 0.2) is 0 Å². The van der Waals surface area contributed by atoms with Gasteiger partial charge in [-0.1, -0.05) is 35.9 Å². The van der Waals surface area contributed by atoms with E-state index in [1.807, 2.05) is 49.5 Å². The number of halogens is 1. The number of aromatic nitrogens is 2. The summed E-state index contributed by atoms with van der Waals surface area (Å²) in [5, 5.41) is 19.7. The average Bonchev–Trinajstić information content (AvgIpc) is 3.52. The second-order valence-corrected chi connectivity index (χ2v) is 13.0. The first-order valence-corrected chi connectivity index (χ1v) is 15.0. The molecule has 0 bridgehead atoms. The van der Waals surface area contributed by atoms with E-state index in [-0.39, 0.29) is 6.42 Å². The van der Waals surface area contributed by atoms with Gasteiger partial charge in [0.25, 0.3) is 0 Å². The summed E-state index contributed by atoms with van der Waals surface area (Å²) in [5.41, 5.74) is 9.52. The Labute approximate surface area is 255 Å². The lowest BCUT2D eigenvalue weighted by molar-refractivity contribution is -0.136. The lowest BCUT2D eigenvalue weighted by atomic mass is 9.93. The van der Waals surface area contributed by atoms with Crippen LogP contribution < -0.4 is 4.90 Å². The fraction of sp³-hybridized carbons (Fsp3) is 0.265. The number of carboxylic acids is 1. The number of benzene rings is 3. The number of rotatable bonds is 5. The molecule has 0 spiro atoms. The standard InChI is InChI=1S/C30H24ClN3O2S.C4H10O/c1-17-13-25-29(28(23(17)16-27(35)36)19-5-7-22(31)8-6-19)37-30(33-25)21-9-11-32-24(14-21)20-4-3-18-10-12-34(2)26(18)15-20;1-4(2,3)5/h3-9,11,13-15H,10,12,16H2,1-2H3,(H,35,36);5H,1-3H3. The number of hydrogen-bond acceptors (Lipinski definition) is 6. The summed E-state index contributed by atoms with van der Waals surface area (Å²) in [7, 11) is 2.12. The summed E-state index contributed by atoms with van der Waals surface area (Å²) in [6, 6.07) is 20.2. The predicted molar refractivity (Wildman–Crippen MR) is 174 cm³/mol. The molecule has 0 unspecified atom stereocenters. The van der Waals surface area contributed by atoms with Crippen molar-refractivity contribution in [2.45, 2.75) is 46.1 Å². The summed E-state index contributed by atoms with van der Waals surface area (Å²) in [4.78, 5) is 23.7. The van der Waals surface area contributed by atoms with Gasteiger partial charge < -0.3 is 15.1 Å². The molecule has 0 aliphatic carbocycles. The summed E-state index contributed by atoms with van der Waals surface area (Å²) >= 11 is 7.73. The first-order valence-electron chi connectivity index (χ1n) is 13.8. The van der Waals surface area contributed by atoms with Crippen LogP contribution in [-0.4, -0.2) is 45.3 Å². The molecule has 1 aliphatic heterocycles. The maximum atomic E-state index is 11.7. The SMILES string of the molecule is CC(C)(C)O.Cc1cc2nc(-c3ccnc(-c4ccc5c(c4)N(C)CC5)c3)sc2c(-c2ccc(Cl)cc2)c1CC(=O)O. The third kappa shape index (κ3) is 6.65. The molecule has 3 heterocycles. The van der Waals surface area contributed by atoms with Crippen LogP contribution >= 0.6 is 22.9 Å². The molecule has 3 aromatic carbocycles. The van der Waals surface area contributed by atoms with Gasteiger partial charge >= 0.3 is 5.97 Å².